The summed E-state index contributed by atoms with van der Waals surface area (Å²) >= 11 is 0. The summed E-state index contributed by atoms with van der Waals surface area (Å²) in [6, 6.07) is 14.0. The average molecular weight is 266 g/mol. The van der Waals surface area contributed by atoms with Gasteiger partial charge in [0.2, 0.25) is 0 Å². The molecular weight excluding hydrogens is 248 g/mol. The van der Waals surface area contributed by atoms with E-state index >= 15 is 0 Å². The van der Waals surface area contributed by atoms with Gasteiger partial charge in [0.05, 0.1) is 0 Å². The van der Waals surface area contributed by atoms with Crippen molar-refractivity contribution in [3.05, 3.63) is 64.7 Å². The van der Waals surface area contributed by atoms with Crippen molar-refractivity contribution in [3.63, 3.8) is 0 Å². The third-order valence-electron chi connectivity index (χ3n) is 2.85. The van der Waals surface area contributed by atoms with Gasteiger partial charge in [0.1, 0.15) is 19.0 Å². The maximum absolute atomic E-state index is 8.64. The minimum absolute atomic E-state index is 0.120. The van der Waals surface area contributed by atoms with Crippen molar-refractivity contribution >= 4 is 0 Å². The summed E-state index contributed by atoms with van der Waals surface area (Å²) in [5.74, 6) is 6.29. The molecule has 102 valence electrons. The first-order valence-electron chi connectivity index (χ1n) is 6.57. The number of aliphatic hydroxyl groups is 1. The van der Waals surface area contributed by atoms with E-state index in [9.17, 15) is 0 Å². The summed E-state index contributed by atoms with van der Waals surface area (Å²) in [5, 5.41) is 8.64. The van der Waals surface area contributed by atoms with Crippen LogP contribution in [0.5, 0.6) is 5.75 Å². The van der Waals surface area contributed by atoms with E-state index in [1.165, 1.54) is 16.7 Å². The maximum atomic E-state index is 8.64. The molecule has 2 nitrogen and oxygen atoms in total. The van der Waals surface area contributed by atoms with Crippen molar-refractivity contribution in [1.29, 1.82) is 0 Å². The van der Waals surface area contributed by atoms with Crippen molar-refractivity contribution in [3.8, 4) is 17.6 Å². The van der Waals surface area contributed by atoms with Gasteiger partial charge in [-0.3, -0.25) is 0 Å². The second-order valence-electron chi connectivity index (χ2n) is 4.77. The predicted molar refractivity (Wildman–Crippen MR) is 80.7 cm³/mol. The van der Waals surface area contributed by atoms with E-state index in [4.69, 9.17) is 9.84 Å². The molecule has 0 saturated carbocycles. The highest BCUT2D eigenvalue weighted by Crippen LogP contribution is 2.15. The Morgan fingerprint density at radius 2 is 1.65 bits per heavy atom. The second-order valence-corrected chi connectivity index (χ2v) is 4.77. The van der Waals surface area contributed by atoms with Crippen LogP contribution in [0, 0.1) is 25.7 Å². The van der Waals surface area contributed by atoms with Gasteiger partial charge in [0.15, 0.2) is 0 Å². The van der Waals surface area contributed by atoms with Gasteiger partial charge in [0, 0.05) is 5.56 Å². The van der Waals surface area contributed by atoms with Crippen LogP contribution in [-0.2, 0) is 6.61 Å². The molecule has 2 heteroatoms. The molecule has 2 aromatic carbocycles. The Morgan fingerprint density at radius 3 is 2.25 bits per heavy atom. The standard InChI is InChI=1S/C18H18O2/c1-14-10-15(2)12-17(11-14)13-20-18-7-5-16(6-8-18)4-3-9-19/h5-8,10-12,19H,9,13H2,1-2H3. The predicted octanol–water partition coefficient (Wildman–Crippen LogP) is 3.23. The zero-order valence-electron chi connectivity index (χ0n) is 11.8. The lowest BCUT2D eigenvalue weighted by atomic mass is 10.1. The Balaban J connectivity index is 2.00. The molecule has 0 saturated heterocycles. The molecule has 0 unspecified atom stereocenters. The number of aliphatic hydroxyl groups excluding tert-OH is 1. The molecule has 20 heavy (non-hydrogen) atoms. The average Bonchev–Trinajstić information content (AvgIpc) is 2.43. The van der Waals surface area contributed by atoms with Crippen LogP contribution in [0.1, 0.15) is 22.3 Å². The fourth-order valence-corrected chi connectivity index (χ4v) is 2.10. The van der Waals surface area contributed by atoms with E-state index in [0.717, 1.165) is 11.3 Å². The highest BCUT2D eigenvalue weighted by atomic mass is 16.5. The maximum Gasteiger partial charge on any atom is 0.119 e. The first-order valence-corrected chi connectivity index (χ1v) is 6.57. The van der Waals surface area contributed by atoms with Crippen LogP contribution in [0.3, 0.4) is 0 Å². The molecule has 0 aromatic heterocycles. The van der Waals surface area contributed by atoms with Gasteiger partial charge >= 0.3 is 0 Å². The van der Waals surface area contributed by atoms with Crippen LogP contribution in [0.4, 0.5) is 0 Å². The van der Waals surface area contributed by atoms with Crippen molar-refractivity contribution in [2.45, 2.75) is 20.5 Å². The summed E-state index contributed by atoms with van der Waals surface area (Å²) in [6.45, 7) is 4.62. The number of hydrogen-bond acceptors (Lipinski definition) is 2. The van der Waals surface area contributed by atoms with E-state index < -0.39 is 0 Å². The number of rotatable bonds is 3. The van der Waals surface area contributed by atoms with E-state index in [2.05, 4.69) is 43.9 Å². The van der Waals surface area contributed by atoms with Crippen molar-refractivity contribution in [2.24, 2.45) is 0 Å². The fraction of sp³-hybridized carbons (Fsp3) is 0.222. The van der Waals surface area contributed by atoms with E-state index in [1.807, 2.05) is 24.3 Å². The van der Waals surface area contributed by atoms with Crippen LogP contribution in [0.2, 0.25) is 0 Å². The Labute approximate surface area is 120 Å². The topological polar surface area (TPSA) is 29.5 Å². The summed E-state index contributed by atoms with van der Waals surface area (Å²) in [5.41, 5.74) is 4.54. The highest BCUT2D eigenvalue weighted by molar-refractivity contribution is 5.38. The zero-order valence-corrected chi connectivity index (χ0v) is 11.8. The lowest BCUT2D eigenvalue weighted by molar-refractivity contribution is 0.306. The minimum atomic E-state index is -0.120. The Bertz CT molecular complexity index is 610. The van der Waals surface area contributed by atoms with Gasteiger partial charge in [-0.2, -0.15) is 0 Å². The molecular formula is C18H18O2. The van der Waals surface area contributed by atoms with Gasteiger partial charge < -0.3 is 9.84 Å². The summed E-state index contributed by atoms with van der Waals surface area (Å²) < 4.78 is 5.76. The normalized spacial score (nSPS) is 9.75. The van der Waals surface area contributed by atoms with Gasteiger partial charge in [-0.25, -0.2) is 0 Å². The van der Waals surface area contributed by atoms with E-state index in [1.54, 1.807) is 0 Å². The molecule has 2 aromatic rings. The minimum Gasteiger partial charge on any atom is -0.489 e. The Kier molecular flexibility index (Phi) is 4.81. The molecule has 2 rings (SSSR count). The van der Waals surface area contributed by atoms with E-state index in [0.29, 0.717) is 6.61 Å². The van der Waals surface area contributed by atoms with Crippen molar-refractivity contribution in [1.82, 2.24) is 0 Å². The smallest absolute Gasteiger partial charge is 0.119 e. The molecule has 0 fully saturated rings. The number of hydrogen-bond donors (Lipinski definition) is 1. The molecule has 0 aliphatic rings. The van der Waals surface area contributed by atoms with Crippen LogP contribution in [-0.4, -0.2) is 11.7 Å². The first-order chi connectivity index (χ1) is 9.67. The third-order valence-corrected chi connectivity index (χ3v) is 2.85. The third kappa shape index (κ3) is 4.15. The summed E-state index contributed by atoms with van der Waals surface area (Å²) in [6.07, 6.45) is 0. The lowest BCUT2D eigenvalue weighted by Gasteiger charge is -2.08. The quantitative estimate of drug-likeness (QED) is 0.864. The highest BCUT2D eigenvalue weighted by Gasteiger charge is 1.98. The van der Waals surface area contributed by atoms with Crippen LogP contribution < -0.4 is 4.74 Å². The lowest BCUT2D eigenvalue weighted by Crippen LogP contribution is -1.96. The number of benzene rings is 2. The fourth-order valence-electron chi connectivity index (χ4n) is 2.10. The molecule has 1 N–H and O–H groups in total. The Hall–Kier alpha value is -2.24. The van der Waals surface area contributed by atoms with Gasteiger partial charge in [0.25, 0.3) is 0 Å². The summed E-state index contributed by atoms with van der Waals surface area (Å²) in [4.78, 5) is 0. The molecule has 0 radical (unpaired) electrons. The monoisotopic (exact) mass is 266 g/mol. The molecule has 0 bridgehead atoms. The van der Waals surface area contributed by atoms with Crippen LogP contribution in [0.25, 0.3) is 0 Å². The first kappa shape index (κ1) is 14.2. The Morgan fingerprint density at radius 1 is 1.00 bits per heavy atom. The van der Waals surface area contributed by atoms with Crippen LogP contribution >= 0.6 is 0 Å². The SMILES string of the molecule is Cc1cc(C)cc(COc2ccc(C#CCO)cc2)c1. The largest absolute Gasteiger partial charge is 0.489 e. The van der Waals surface area contributed by atoms with Crippen molar-refractivity contribution in [2.75, 3.05) is 6.61 Å². The van der Waals surface area contributed by atoms with Gasteiger partial charge in [-0.15, -0.1) is 0 Å². The zero-order chi connectivity index (χ0) is 14.4. The molecule has 0 aliphatic heterocycles. The number of ether oxygens (including phenoxy) is 1. The molecule has 0 spiro atoms. The molecule has 0 atom stereocenters. The summed E-state index contributed by atoms with van der Waals surface area (Å²) in [7, 11) is 0. The van der Waals surface area contributed by atoms with Gasteiger partial charge in [-0.1, -0.05) is 41.2 Å². The van der Waals surface area contributed by atoms with Gasteiger partial charge in [-0.05, 0) is 43.7 Å². The second kappa shape index (κ2) is 6.79. The van der Waals surface area contributed by atoms with E-state index in [-0.39, 0.29) is 6.61 Å². The number of aryl methyl sites for hydroxylation is 2. The molecule has 0 aliphatic carbocycles. The molecule has 0 heterocycles. The van der Waals surface area contributed by atoms with Crippen molar-refractivity contribution < 1.29 is 9.84 Å². The molecule has 0 amide bonds. The van der Waals surface area contributed by atoms with Crippen LogP contribution in [0.15, 0.2) is 42.5 Å².